The average Bonchev–Trinajstić information content (AvgIpc) is 2.68. The van der Waals surface area contributed by atoms with E-state index in [-0.39, 0.29) is 5.91 Å². The maximum absolute atomic E-state index is 13.1. The summed E-state index contributed by atoms with van der Waals surface area (Å²) < 4.78 is 10.8. The molecule has 0 bridgehead atoms. The van der Waals surface area contributed by atoms with Gasteiger partial charge in [0.1, 0.15) is 6.04 Å². The lowest BCUT2D eigenvalue weighted by atomic mass is 10.0. The number of likely N-dealkylation sites (N-methyl/N-ethyl adjacent to an activating group) is 1. The van der Waals surface area contributed by atoms with Crippen LogP contribution in [0.3, 0.4) is 0 Å². The predicted molar refractivity (Wildman–Crippen MR) is 105 cm³/mol. The molecule has 2 rings (SSSR count). The standard InChI is InChI=1S/C21H28N2O3/c1-6-23(7-2)21(24)20(16-11-9-8-10-12-16)22-17-14-19(26-5)18(25-4)13-15(17)3/h8-14,20,22H,6-7H2,1-5H3/t20-/m0/s1. The zero-order valence-electron chi connectivity index (χ0n) is 16.2. The van der Waals surface area contributed by atoms with Crippen LogP contribution in [0.5, 0.6) is 11.5 Å². The number of nitrogens with one attached hydrogen (secondary N) is 1. The number of rotatable bonds is 8. The van der Waals surface area contributed by atoms with Gasteiger partial charge in [-0.1, -0.05) is 30.3 Å². The lowest BCUT2D eigenvalue weighted by Crippen LogP contribution is -2.37. The van der Waals surface area contributed by atoms with Crippen molar-refractivity contribution >= 4 is 11.6 Å². The van der Waals surface area contributed by atoms with Crippen LogP contribution in [0.1, 0.15) is 31.0 Å². The molecule has 1 amide bonds. The van der Waals surface area contributed by atoms with Crippen molar-refractivity contribution < 1.29 is 14.3 Å². The van der Waals surface area contributed by atoms with Gasteiger partial charge in [-0.05, 0) is 38.0 Å². The largest absolute Gasteiger partial charge is 0.493 e. The fourth-order valence-corrected chi connectivity index (χ4v) is 2.94. The fraction of sp³-hybridized carbons (Fsp3) is 0.381. The van der Waals surface area contributed by atoms with Gasteiger partial charge in [0.15, 0.2) is 11.5 Å². The molecular formula is C21H28N2O3. The molecule has 0 heterocycles. The molecule has 0 fully saturated rings. The van der Waals surface area contributed by atoms with Crippen molar-refractivity contribution in [3.8, 4) is 11.5 Å². The SMILES string of the molecule is CCN(CC)C(=O)[C@@H](Nc1cc(OC)c(OC)cc1C)c1ccccc1. The normalized spacial score (nSPS) is 11.6. The Morgan fingerprint density at radius 3 is 2.15 bits per heavy atom. The topological polar surface area (TPSA) is 50.8 Å². The van der Waals surface area contributed by atoms with Crippen LogP contribution in [0.2, 0.25) is 0 Å². The Bertz CT molecular complexity index is 728. The van der Waals surface area contributed by atoms with E-state index < -0.39 is 6.04 Å². The minimum absolute atomic E-state index is 0.0513. The zero-order chi connectivity index (χ0) is 19.1. The summed E-state index contributed by atoms with van der Waals surface area (Å²) in [6.07, 6.45) is 0. The highest BCUT2D eigenvalue weighted by Gasteiger charge is 2.25. The molecule has 26 heavy (non-hydrogen) atoms. The van der Waals surface area contributed by atoms with Gasteiger partial charge in [-0.3, -0.25) is 4.79 Å². The van der Waals surface area contributed by atoms with Crippen LogP contribution in [0.4, 0.5) is 5.69 Å². The molecule has 0 aromatic heterocycles. The predicted octanol–water partition coefficient (Wildman–Crippen LogP) is 4.03. The maximum atomic E-state index is 13.1. The minimum atomic E-state index is -0.465. The molecule has 2 aromatic rings. The van der Waals surface area contributed by atoms with Crippen LogP contribution in [-0.2, 0) is 4.79 Å². The van der Waals surface area contributed by atoms with Crippen LogP contribution in [0, 0.1) is 6.92 Å². The molecule has 0 radical (unpaired) electrons. The number of nitrogens with zero attached hydrogens (tertiary/aromatic N) is 1. The molecule has 0 aliphatic carbocycles. The van der Waals surface area contributed by atoms with Crippen LogP contribution < -0.4 is 14.8 Å². The summed E-state index contributed by atoms with van der Waals surface area (Å²) in [4.78, 5) is 14.9. The summed E-state index contributed by atoms with van der Waals surface area (Å²) in [5, 5.41) is 3.41. The minimum Gasteiger partial charge on any atom is -0.493 e. The zero-order valence-corrected chi connectivity index (χ0v) is 16.2. The second-order valence-electron chi connectivity index (χ2n) is 6.02. The summed E-state index contributed by atoms with van der Waals surface area (Å²) >= 11 is 0. The van der Waals surface area contributed by atoms with Gasteiger partial charge in [-0.15, -0.1) is 0 Å². The van der Waals surface area contributed by atoms with Crippen molar-refractivity contribution in [1.29, 1.82) is 0 Å². The Hall–Kier alpha value is -2.69. The summed E-state index contributed by atoms with van der Waals surface area (Å²) in [6.45, 7) is 7.31. The van der Waals surface area contributed by atoms with Crippen molar-refractivity contribution in [2.24, 2.45) is 0 Å². The van der Waals surface area contributed by atoms with Crippen molar-refractivity contribution in [1.82, 2.24) is 4.90 Å². The van der Waals surface area contributed by atoms with Crippen molar-refractivity contribution in [2.45, 2.75) is 26.8 Å². The summed E-state index contributed by atoms with van der Waals surface area (Å²) in [5.74, 6) is 1.35. The first kappa shape index (κ1) is 19.6. The van der Waals surface area contributed by atoms with Gasteiger partial charge in [-0.25, -0.2) is 0 Å². The second kappa shape index (κ2) is 9.13. The third-order valence-electron chi connectivity index (χ3n) is 4.49. The molecule has 0 saturated heterocycles. The number of carbonyl (C=O) groups excluding carboxylic acids is 1. The first-order chi connectivity index (χ1) is 12.5. The van der Waals surface area contributed by atoms with Crippen LogP contribution in [0.15, 0.2) is 42.5 Å². The number of hydrogen-bond donors (Lipinski definition) is 1. The number of benzene rings is 2. The van der Waals surface area contributed by atoms with Gasteiger partial charge < -0.3 is 19.7 Å². The lowest BCUT2D eigenvalue weighted by molar-refractivity contribution is -0.131. The molecule has 0 unspecified atom stereocenters. The van der Waals surface area contributed by atoms with Crippen LogP contribution in [-0.4, -0.2) is 38.1 Å². The first-order valence-corrected chi connectivity index (χ1v) is 8.88. The Labute approximate surface area is 155 Å². The fourth-order valence-electron chi connectivity index (χ4n) is 2.94. The number of anilines is 1. The number of methoxy groups -OCH3 is 2. The monoisotopic (exact) mass is 356 g/mol. The number of ether oxygens (including phenoxy) is 2. The highest BCUT2D eigenvalue weighted by atomic mass is 16.5. The van der Waals surface area contributed by atoms with Gasteiger partial charge in [-0.2, -0.15) is 0 Å². The second-order valence-corrected chi connectivity index (χ2v) is 6.02. The Balaban J connectivity index is 2.43. The molecule has 1 N–H and O–H groups in total. The van der Waals surface area contributed by atoms with Gasteiger partial charge in [0.2, 0.25) is 5.91 Å². The van der Waals surface area contributed by atoms with Crippen LogP contribution in [0.25, 0.3) is 0 Å². The molecule has 2 aromatic carbocycles. The van der Waals surface area contributed by atoms with Crippen molar-refractivity contribution in [3.05, 3.63) is 53.6 Å². The first-order valence-electron chi connectivity index (χ1n) is 8.88. The lowest BCUT2D eigenvalue weighted by Gasteiger charge is -2.27. The van der Waals surface area contributed by atoms with E-state index in [9.17, 15) is 4.79 Å². The smallest absolute Gasteiger partial charge is 0.249 e. The van der Waals surface area contributed by atoms with E-state index in [1.165, 1.54) is 0 Å². The molecule has 5 nitrogen and oxygen atoms in total. The molecule has 0 aliphatic rings. The van der Waals surface area contributed by atoms with E-state index in [1.54, 1.807) is 14.2 Å². The van der Waals surface area contributed by atoms with Gasteiger partial charge in [0.25, 0.3) is 0 Å². The number of hydrogen-bond acceptors (Lipinski definition) is 4. The molecule has 0 spiro atoms. The van der Waals surface area contributed by atoms with Gasteiger partial charge in [0, 0.05) is 24.8 Å². The average molecular weight is 356 g/mol. The summed E-state index contributed by atoms with van der Waals surface area (Å²) in [6, 6.07) is 13.1. The molecule has 0 saturated carbocycles. The van der Waals surface area contributed by atoms with Crippen molar-refractivity contribution in [3.63, 3.8) is 0 Å². The van der Waals surface area contributed by atoms with Crippen molar-refractivity contribution in [2.75, 3.05) is 32.6 Å². The number of aryl methyl sites for hydroxylation is 1. The molecule has 0 aliphatic heterocycles. The number of carbonyl (C=O) groups is 1. The van der Waals surface area contributed by atoms with E-state index in [1.807, 2.05) is 68.1 Å². The maximum Gasteiger partial charge on any atom is 0.249 e. The molecule has 5 heteroatoms. The third-order valence-corrected chi connectivity index (χ3v) is 4.49. The Morgan fingerprint density at radius 2 is 1.62 bits per heavy atom. The Kier molecular flexibility index (Phi) is 6.89. The summed E-state index contributed by atoms with van der Waals surface area (Å²) in [5.41, 5.74) is 2.76. The number of amides is 1. The van der Waals surface area contributed by atoms with E-state index in [0.717, 1.165) is 16.8 Å². The van der Waals surface area contributed by atoms with Gasteiger partial charge >= 0.3 is 0 Å². The van der Waals surface area contributed by atoms with E-state index in [4.69, 9.17) is 9.47 Å². The molecule has 1 atom stereocenters. The van der Waals surface area contributed by atoms with Crippen LogP contribution >= 0.6 is 0 Å². The van der Waals surface area contributed by atoms with E-state index in [0.29, 0.717) is 24.6 Å². The summed E-state index contributed by atoms with van der Waals surface area (Å²) in [7, 11) is 3.22. The Morgan fingerprint density at radius 1 is 1.04 bits per heavy atom. The molecular weight excluding hydrogens is 328 g/mol. The quantitative estimate of drug-likeness (QED) is 0.776. The van der Waals surface area contributed by atoms with Gasteiger partial charge in [0.05, 0.1) is 14.2 Å². The highest BCUT2D eigenvalue weighted by Crippen LogP contribution is 2.34. The van der Waals surface area contributed by atoms with E-state index in [2.05, 4.69) is 5.32 Å². The van der Waals surface area contributed by atoms with E-state index >= 15 is 0 Å². The highest BCUT2D eigenvalue weighted by molar-refractivity contribution is 5.86. The molecule has 140 valence electrons. The third kappa shape index (κ3) is 4.28.